The molecule has 31 heavy (non-hydrogen) atoms. The fourth-order valence-electron chi connectivity index (χ4n) is 3.33. The third-order valence-corrected chi connectivity index (χ3v) is 6.96. The van der Waals surface area contributed by atoms with Gasteiger partial charge in [-0.3, -0.25) is 9.59 Å². The minimum atomic E-state index is -3.48. The molecular weight excluding hydrogens is 418 g/mol. The average molecular weight is 446 g/mol. The van der Waals surface area contributed by atoms with Crippen molar-refractivity contribution in [3.05, 3.63) is 59.8 Å². The van der Waals surface area contributed by atoms with Crippen LogP contribution in [0.15, 0.2) is 48.7 Å². The van der Waals surface area contributed by atoms with Gasteiger partial charge in [-0.1, -0.05) is 24.3 Å². The van der Waals surface area contributed by atoms with Crippen LogP contribution in [0.2, 0.25) is 0 Å². The minimum absolute atomic E-state index is 0.0120. The highest BCUT2D eigenvalue weighted by Crippen LogP contribution is 2.14. The van der Waals surface area contributed by atoms with E-state index in [0.717, 1.165) is 11.4 Å². The second-order valence-electron chi connectivity index (χ2n) is 7.24. The van der Waals surface area contributed by atoms with Crippen molar-refractivity contribution in [2.45, 2.75) is 6.92 Å². The Bertz CT molecular complexity index is 1010. The fraction of sp³-hybridized carbons (Fsp3) is 0.381. The summed E-state index contributed by atoms with van der Waals surface area (Å²) in [7, 11) is -3.48. The van der Waals surface area contributed by atoms with Crippen molar-refractivity contribution in [3.63, 3.8) is 0 Å². The highest BCUT2D eigenvalue weighted by molar-refractivity contribution is 7.89. The van der Waals surface area contributed by atoms with E-state index >= 15 is 0 Å². The van der Waals surface area contributed by atoms with Crippen LogP contribution >= 0.6 is 0 Å². The van der Waals surface area contributed by atoms with E-state index in [-0.39, 0.29) is 24.7 Å². The molecule has 1 saturated heterocycles. The molecule has 0 atom stereocenters. The lowest BCUT2D eigenvalue weighted by Gasteiger charge is -2.34. The monoisotopic (exact) mass is 445 g/mol. The van der Waals surface area contributed by atoms with E-state index in [1.807, 2.05) is 42.2 Å². The van der Waals surface area contributed by atoms with E-state index in [1.54, 1.807) is 18.3 Å². The zero-order valence-corrected chi connectivity index (χ0v) is 18.3. The van der Waals surface area contributed by atoms with Gasteiger partial charge in [-0.15, -0.1) is 0 Å². The molecule has 0 spiro atoms. The Balaban J connectivity index is 1.39. The van der Waals surface area contributed by atoms with Crippen LogP contribution in [0.5, 0.6) is 0 Å². The number of carbonyl (C=O) groups excluding carboxylic acids is 2. The second kappa shape index (κ2) is 10.4. The molecule has 0 aliphatic carbocycles. The smallest absolute Gasteiger partial charge is 0.251 e. The van der Waals surface area contributed by atoms with E-state index < -0.39 is 15.9 Å². The van der Waals surface area contributed by atoms with Gasteiger partial charge in [-0.05, 0) is 30.7 Å². The Morgan fingerprint density at radius 3 is 2.39 bits per heavy atom. The van der Waals surface area contributed by atoms with Gasteiger partial charge in [0.15, 0.2) is 0 Å². The van der Waals surface area contributed by atoms with E-state index in [0.29, 0.717) is 31.7 Å². The molecule has 2 heterocycles. The molecule has 0 unspecified atom stereocenters. The lowest BCUT2D eigenvalue weighted by Crippen LogP contribution is -2.50. The number of benzene rings is 1. The molecule has 1 aliphatic heterocycles. The molecule has 2 amide bonds. The highest BCUT2D eigenvalue weighted by Gasteiger charge is 2.27. The van der Waals surface area contributed by atoms with Gasteiger partial charge < -0.3 is 15.5 Å². The molecule has 3 rings (SSSR count). The van der Waals surface area contributed by atoms with Crippen LogP contribution in [-0.2, 0) is 14.8 Å². The van der Waals surface area contributed by atoms with Crippen LogP contribution in [0.25, 0.3) is 0 Å². The zero-order valence-electron chi connectivity index (χ0n) is 17.5. The van der Waals surface area contributed by atoms with Gasteiger partial charge in [0.1, 0.15) is 5.82 Å². The molecule has 1 aliphatic rings. The van der Waals surface area contributed by atoms with Crippen molar-refractivity contribution < 1.29 is 18.0 Å². The SMILES string of the molecule is Cc1ccccc1C(=O)NCC(=O)NCCS(=O)(=O)N1CCN(c2ccccn2)CC1. The van der Waals surface area contributed by atoms with Gasteiger partial charge in [0.05, 0.1) is 12.3 Å². The number of hydrogen-bond donors (Lipinski definition) is 2. The van der Waals surface area contributed by atoms with E-state index in [1.165, 1.54) is 4.31 Å². The summed E-state index contributed by atoms with van der Waals surface area (Å²) in [4.78, 5) is 30.5. The van der Waals surface area contributed by atoms with Crippen molar-refractivity contribution in [2.75, 3.05) is 49.9 Å². The first kappa shape index (κ1) is 22.7. The molecule has 2 N–H and O–H groups in total. The maximum Gasteiger partial charge on any atom is 0.251 e. The van der Waals surface area contributed by atoms with Crippen LogP contribution < -0.4 is 15.5 Å². The molecule has 0 radical (unpaired) electrons. The summed E-state index contributed by atoms with van der Waals surface area (Å²) in [5, 5.41) is 5.10. The maximum absolute atomic E-state index is 12.6. The van der Waals surface area contributed by atoms with Gasteiger partial charge in [-0.2, -0.15) is 4.31 Å². The number of nitrogens with zero attached hydrogens (tertiary/aromatic N) is 3. The number of aryl methyl sites for hydroxylation is 1. The van der Waals surface area contributed by atoms with E-state index in [4.69, 9.17) is 0 Å². The second-order valence-corrected chi connectivity index (χ2v) is 9.33. The summed E-state index contributed by atoms with van der Waals surface area (Å²) in [6, 6.07) is 12.7. The number of piperazine rings is 1. The Hall–Kier alpha value is -2.98. The van der Waals surface area contributed by atoms with Crippen molar-refractivity contribution >= 4 is 27.7 Å². The first-order chi connectivity index (χ1) is 14.9. The van der Waals surface area contributed by atoms with E-state index in [9.17, 15) is 18.0 Å². The number of anilines is 1. The minimum Gasteiger partial charge on any atom is -0.354 e. The highest BCUT2D eigenvalue weighted by atomic mass is 32.2. The molecule has 1 fully saturated rings. The van der Waals surface area contributed by atoms with Crippen LogP contribution in [0.1, 0.15) is 15.9 Å². The van der Waals surface area contributed by atoms with Crippen LogP contribution in [0.3, 0.4) is 0 Å². The topological polar surface area (TPSA) is 112 Å². The van der Waals surface area contributed by atoms with Crippen LogP contribution in [0, 0.1) is 6.92 Å². The van der Waals surface area contributed by atoms with Crippen molar-refractivity contribution in [3.8, 4) is 0 Å². The number of pyridine rings is 1. The van der Waals surface area contributed by atoms with E-state index in [2.05, 4.69) is 15.6 Å². The average Bonchev–Trinajstić information content (AvgIpc) is 2.78. The summed E-state index contributed by atoms with van der Waals surface area (Å²) < 4.78 is 26.6. The summed E-state index contributed by atoms with van der Waals surface area (Å²) >= 11 is 0. The number of carbonyl (C=O) groups is 2. The third-order valence-electron chi connectivity index (χ3n) is 5.09. The van der Waals surface area contributed by atoms with Gasteiger partial charge in [-0.25, -0.2) is 13.4 Å². The van der Waals surface area contributed by atoms with Crippen molar-refractivity contribution in [1.29, 1.82) is 0 Å². The summed E-state index contributed by atoms with van der Waals surface area (Å²) in [5.74, 6) is -0.128. The lowest BCUT2D eigenvalue weighted by atomic mass is 10.1. The zero-order chi connectivity index (χ0) is 22.3. The maximum atomic E-state index is 12.6. The molecule has 10 heteroatoms. The number of nitrogens with one attached hydrogen (secondary N) is 2. The van der Waals surface area contributed by atoms with Gasteiger partial charge in [0.2, 0.25) is 15.9 Å². The number of rotatable bonds is 8. The molecular formula is C21H27N5O4S. The molecule has 1 aromatic carbocycles. The Morgan fingerprint density at radius 1 is 1.00 bits per heavy atom. The number of sulfonamides is 1. The molecule has 166 valence electrons. The summed E-state index contributed by atoms with van der Waals surface area (Å²) in [6.45, 7) is 3.47. The summed E-state index contributed by atoms with van der Waals surface area (Å²) in [6.07, 6.45) is 1.71. The van der Waals surface area contributed by atoms with Gasteiger partial charge in [0, 0.05) is 44.5 Å². The normalized spacial score (nSPS) is 14.8. The van der Waals surface area contributed by atoms with Crippen LogP contribution in [-0.4, -0.2) is 74.5 Å². The third kappa shape index (κ3) is 6.25. The molecule has 1 aromatic heterocycles. The Labute approximate surface area is 182 Å². The van der Waals surface area contributed by atoms with Crippen molar-refractivity contribution in [2.24, 2.45) is 0 Å². The predicted molar refractivity (Wildman–Crippen MR) is 118 cm³/mol. The molecule has 2 aromatic rings. The Morgan fingerprint density at radius 2 is 1.71 bits per heavy atom. The van der Waals surface area contributed by atoms with Crippen LogP contribution in [0.4, 0.5) is 5.82 Å². The van der Waals surface area contributed by atoms with Gasteiger partial charge in [0.25, 0.3) is 5.91 Å². The molecule has 0 saturated carbocycles. The summed E-state index contributed by atoms with van der Waals surface area (Å²) in [5.41, 5.74) is 1.32. The first-order valence-corrected chi connectivity index (χ1v) is 11.7. The Kier molecular flexibility index (Phi) is 7.59. The largest absolute Gasteiger partial charge is 0.354 e. The number of hydrogen-bond acceptors (Lipinski definition) is 6. The molecule has 0 bridgehead atoms. The fourth-order valence-corrected chi connectivity index (χ4v) is 4.67. The number of aromatic nitrogens is 1. The standard InChI is InChI=1S/C21H27N5O4S/c1-17-6-2-3-7-18(17)21(28)24-16-20(27)23-10-15-31(29,30)26-13-11-25(12-14-26)19-8-4-5-9-22-19/h2-9H,10-16H2,1H3,(H,23,27)(H,24,28). The predicted octanol–water partition coefficient (Wildman–Crippen LogP) is 0.388. The number of amides is 2. The quantitative estimate of drug-likeness (QED) is 0.608. The lowest BCUT2D eigenvalue weighted by molar-refractivity contribution is -0.120. The van der Waals surface area contributed by atoms with Crippen molar-refractivity contribution in [1.82, 2.24) is 19.9 Å². The van der Waals surface area contributed by atoms with Gasteiger partial charge >= 0.3 is 0 Å². The molecule has 9 nitrogen and oxygen atoms in total. The first-order valence-electron chi connectivity index (χ1n) is 10.1.